The van der Waals surface area contributed by atoms with E-state index in [9.17, 15) is 0 Å². The average Bonchev–Trinajstić information content (AvgIpc) is 3.23. The van der Waals surface area contributed by atoms with Crippen molar-refractivity contribution < 1.29 is 15.3 Å². The Morgan fingerprint density at radius 3 is 1.59 bits per heavy atom. The van der Waals surface area contributed by atoms with E-state index in [2.05, 4.69) is 128 Å². The number of hydrogen-bond acceptors (Lipinski definition) is 0. The van der Waals surface area contributed by atoms with Gasteiger partial charge in [0.2, 0.25) is 0 Å². The van der Waals surface area contributed by atoms with E-state index < -0.39 is 15.3 Å². The molecule has 0 aliphatic heterocycles. The molecule has 0 bridgehead atoms. The first kappa shape index (κ1) is 30.2. The van der Waals surface area contributed by atoms with Gasteiger partial charge in [0, 0.05) is 0 Å². The molecule has 1 aromatic rings. The van der Waals surface area contributed by atoms with Gasteiger partial charge in [-0.05, 0) is 0 Å². The van der Waals surface area contributed by atoms with Crippen LogP contribution in [-0.4, -0.2) is 7.63 Å². The van der Waals surface area contributed by atoms with Gasteiger partial charge in [-0.1, -0.05) is 0 Å². The molecule has 0 aromatic heterocycles. The van der Waals surface area contributed by atoms with Crippen molar-refractivity contribution >= 4 is 32.4 Å². The van der Waals surface area contributed by atoms with E-state index in [1.54, 1.807) is 18.9 Å². The zero-order valence-corrected chi connectivity index (χ0v) is 27.8. The Morgan fingerprint density at radius 2 is 1.16 bits per heavy atom. The fourth-order valence-electron chi connectivity index (χ4n) is 6.68. The van der Waals surface area contributed by atoms with Gasteiger partial charge < -0.3 is 0 Å². The SMILES string of the molecule is CC1=[C]([Ti](=[SiH2])([CH2]c2ccccc2)[C]2=C(C)C=C3C2=CC=CCC3(C)C)C2=CC=CCC(C)(C)C2=C1.Cl.Cl. The van der Waals surface area contributed by atoms with Crippen molar-refractivity contribution in [2.45, 2.75) is 59.1 Å². The maximum absolute atomic E-state index is 2.87. The van der Waals surface area contributed by atoms with Crippen molar-refractivity contribution in [2.24, 2.45) is 10.8 Å². The van der Waals surface area contributed by atoms with E-state index in [0.29, 0.717) is 0 Å². The van der Waals surface area contributed by atoms with Crippen LogP contribution in [0.3, 0.4) is 0 Å². The standard InChI is InChI=1S/2C13H15.C7H7.2ClH.H2Si.Ti/c2*1-10-8-11-6-4-5-7-13(2,3)12(11)9-10;1-7-5-3-2-4-6-7;;;;/h2*4-6,9H,7H2,1-3H3;2-6H,1H2;2*1H;1H2;. The molecule has 0 fully saturated rings. The summed E-state index contributed by atoms with van der Waals surface area (Å²) >= 11 is -2.87. The molecule has 0 amide bonds. The average molecular weight is 585 g/mol. The molecule has 37 heavy (non-hydrogen) atoms. The minimum absolute atomic E-state index is 0. The molecule has 0 saturated heterocycles. The first-order chi connectivity index (χ1) is 16.5. The van der Waals surface area contributed by atoms with Gasteiger partial charge >= 0.3 is 219 Å². The van der Waals surface area contributed by atoms with Crippen LogP contribution in [0, 0.1) is 10.8 Å². The Morgan fingerprint density at radius 1 is 0.730 bits per heavy atom. The minimum atomic E-state index is -2.87. The number of fused-ring (bicyclic) bond motifs is 2. The van der Waals surface area contributed by atoms with Crippen molar-refractivity contribution in [3.8, 4) is 0 Å². The summed E-state index contributed by atoms with van der Waals surface area (Å²) < 4.78 is 4.60. The Bertz CT molecular complexity index is 1300. The molecule has 0 atom stereocenters. The predicted molar refractivity (Wildman–Crippen MR) is 166 cm³/mol. The van der Waals surface area contributed by atoms with E-state index in [-0.39, 0.29) is 35.6 Å². The summed E-state index contributed by atoms with van der Waals surface area (Å²) in [6.07, 6.45) is 21.5. The van der Waals surface area contributed by atoms with Crippen LogP contribution in [0.4, 0.5) is 0 Å². The maximum Gasteiger partial charge on any atom is -0.147 e. The van der Waals surface area contributed by atoms with Gasteiger partial charge in [0.05, 0.1) is 0 Å². The van der Waals surface area contributed by atoms with Crippen molar-refractivity contribution in [2.75, 3.05) is 0 Å². The molecular formula is C33H41Cl2SiTi. The third kappa shape index (κ3) is 5.28. The van der Waals surface area contributed by atoms with E-state index in [1.807, 2.05) is 0 Å². The number of rotatable bonds is 4. The zero-order valence-electron chi connectivity index (χ0n) is 23.2. The fraction of sp³-hybridized carbons (Fsp3) is 0.333. The van der Waals surface area contributed by atoms with Crippen LogP contribution in [0.25, 0.3) is 0 Å². The van der Waals surface area contributed by atoms with Crippen LogP contribution in [0.15, 0.2) is 120 Å². The Hall–Kier alpha value is -1.35. The zero-order chi connectivity index (χ0) is 25.0. The van der Waals surface area contributed by atoms with Gasteiger partial charge in [-0.25, -0.2) is 0 Å². The molecule has 1 aromatic carbocycles. The predicted octanol–water partition coefficient (Wildman–Crippen LogP) is 8.99. The number of benzene rings is 1. The molecule has 5 rings (SSSR count). The van der Waals surface area contributed by atoms with Gasteiger partial charge in [-0.2, -0.15) is 0 Å². The van der Waals surface area contributed by atoms with Crippen LogP contribution in [0.1, 0.15) is 59.9 Å². The molecule has 0 unspecified atom stereocenters. The largest absolute Gasteiger partial charge is 0.147 e. The first-order valence-electron chi connectivity index (χ1n) is 13.1. The van der Waals surface area contributed by atoms with Gasteiger partial charge in [-0.15, -0.1) is 24.8 Å². The van der Waals surface area contributed by atoms with Crippen molar-refractivity contribution in [1.29, 1.82) is 0 Å². The summed E-state index contributed by atoms with van der Waals surface area (Å²) in [4.78, 5) is 0. The molecule has 0 heterocycles. The molecule has 0 N–H and O–H groups in total. The van der Waals surface area contributed by atoms with Crippen molar-refractivity contribution in [1.82, 2.24) is 0 Å². The van der Waals surface area contributed by atoms with E-state index >= 15 is 0 Å². The fourth-order valence-corrected chi connectivity index (χ4v) is 19.0. The van der Waals surface area contributed by atoms with E-state index in [1.165, 1.54) is 32.6 Å². The van der Waals surface area contributed by atoms with Gasteiger partial charge in [0.25, 0.3) is 0 Å². The second-order valence-electron chi connectivity index (χ2n) is 12.2. The summed E-state index contributed by atoms with van der Waals surface area (Å²) in [5.74, 6) is 0. The van der Waals surface area contributed by atoms with Crippen molar-refractivity contribution in [3.63, 3.8) is 0 Å². The maximum atomic E-state index is 2.54. The number of hydrogen-bond donors (Lipinski definition) is 0. The smallest absolute Gasteiger partial charge is 0.147 e. The van der Waals surface area contributed by atoms with Crippen LogP contribution in [0.2, 0.25) is 0 Å². The Kier molecular flexibility index (Phi) is 9.00. The molecule has 195 valence electrons. The Balaban J connectivity index is 0.00000190. The monoisotopic (exact) mass is 583 g/mol. The second-order valence-corrected chi connectivity index (χ2v) is 22.6. The third-order valence-electron chi connectivity index (χ3n) is 8.45. The van der Waals surface area contributed by atoms with Gasteiger partial charge in [0.1, 0.15) is 0 Å². The summed E-state index contributed by atoms with van der Waals surface area (Å²) in [7, 11) is 2.40. The molecule has 4 heteroatoms. The molecule has 4 aliphatic rings. The molecule has 0 saturated carbocycles. The van der Waals surface area contributed by atoms with Crippen LogP contribution >= 0.6 is 24.8 Å². The molecule has 0 nitrogen and oxygen atoms in total. The second kappa shape index (κ2) is 11.0. The van der Waals surface area contributed by atoms with Crippen molar-refractivity contribution in [3.05, 3.63) is 126 Å². The topological polar surface area (TPSA) is 0 Å². The number of halogens is 2. The van der Waals surface area contributed by atoms with Crippen LogP contribution in [-0.2, 0) is 20.1 Å². The minimum Gasteiger partial charge on any atom is -0.147 e. The van der Waals surface area contributed by atoms with E-state index in [0.717, 1.165) is 12.8 Å². The first-order valence-corrected chi connectivity index (χ1v) is 19.7. The summed E-state index contributed by atoms with van der Waals surface area (Å²) in [6, 6.07) is 11.3. The molecular weight excluding hydrogens is 543 g/mol. The normalized spacial score (nSPS) is 21.5. The molecule has 0 spiro atoms. The van der Waals surface area contributed by atoms with Gasteiger partial charge in [0.15, 0.2) is 0 Å². The quantitative estimate of drug-likeness (QED) is 0.310. The van der Waals surface area contributed by atoms with E-state index in [4.69, 9.17) is 0 Å². The molecule has 4 aliphatic carbocycles. The van der Waals surface area contributed by atoms with Crippen LogP contribution in [0.5, 0.6) is 0 Å². The third-order valence-corrected chi connectivity index (χ3v) is 19.0. The summed E-state index contributed by atoms with van der Waals surface area (Å²) in [6.45, 7) is 14.5. The van der Waals surface area contributed by atoms with Gasteiger partial charge in [-0.3, -0.25) is 0 Å². The Labute approximate surface area is 242 Å². The number of allylic oxidation sites excluding steroid dienone is 16. The molecule has 0 radical (unpaired) electrons. The summed E-state index contributed by atoms with van der Waals surface area (Å²) in [5.41, 5.74) is 11.0. The van der Waals surface area contributed by atoms with Crippen LogP contribution < -0.4 is 0 Å². The summed E-state index contributed by atoms with van der Waals surface area (Å²) in [5, 5.41) is 0.